The number of likely N-dealkylation sites (N-methyl/N-ethyl adjacent to an activating group) is 1. The number of nitrogens with zero attached hydrogens (tertiary/aromatic N) is 1. The topological polar surface area (TPSA) is 61.4 Å². The highest BCUT2D eigenvalue weighted by atomic mass is 16.2. The monoisotopic (exact) mass is 227 g/mol. The molecule has 2 amide bonds. The zero-order valence-electron chi connectivity index (χ0n) is 10.1. The van der Waals surface area contributed by atoms with E-state index in [1.165, 1.54) is 0 Å². The van der Waals surface area contributed by atoms with Gasteiger partial charge in [-0.1, -0.05) is 6.42 Å². The molecule has 0 bridgehead atoms. The number of hydrogen-bond donors (Lipinski definition) is 2. The van der Waals surface area contributed by atoms with E-state index >= 15 is 0 Å². The molecule has 92 valence electrons. The molecular formula is C11H21N3O2. The normalized spacial score (nSPS) is 20.2. The fourth-order valence-electron chi connectivity index (χ4n) is 1.83. The van der Waals surface area contributed by atoms with Crippen LogP contribution in [0.25, 0.3) is 0 Å². The summed E-state index contributed by atoms with van der Waals surface area (Å²) >= 11 is 0. The van der Waals surface area contributed by atoms with E-state index < -0.39 is 0 Å². The second-order valence-electron chi connectivity index (χ2n) is 4.19. The molecule has 1 heterocycles. The van der Waals surface area contributed by atoms with E-state index in [2.05, 4.69) is 10.6 Å². The molecule has 1 aliphatic heterocycles. The second-order valence-corrected chi connectivity index (χ2v) is 4.19. The Balaban J connectivity index is 2.31. The van der Waals surface area contributed by atoms with E-state index in [1.54, 1.807) is 19.0 Å². The molecule has 5 nitrogen and oxygen atoms in total. The van der Waals surface area contributed by atoms with Gasteiger partial charge >= 0.3 is 0 Å². The number of amides is 2. The second kappa shape index (κ2) is 6.48. The maximum atomic E-state index is 11.9. The molecule has 0 radical (unpaired) electrons. The Morgan fingerprint density at radius 1 is 1.44 bits per heavy atom. The lowest BCUT2D eigenvalue weighted by atomic mass is 10.0. The van der Waals surface area contributed by atoms with Gasteiger partial charge in [0.2, 0.25) is 11.8 Å². The number of rotatable bonds is 4. The van der Waals surface area contributed by atoms with Crippen LogP contribution in [0.4, 0.5) is 0 Å². The van der Waals surface area contributed by atoms with Crippen molar-refractivity contribution in [3.8, 4) is 0 Å². The third-order valence-electron chi connectivity index (χ3n) is 2.94. The van der Waals surface area contributed by atoms with Gasteiger partial charge in [0.25, 0.3) is 0 Å². The van der Waals surface area contributed by atoms with Crippen molar-refractivity contribution >= 4 is 11.8 Å². The number of nitrogens with one attached hydrogen (secondary N) is 2. The standard InChI is InChI=1S/C11H21N3O2/c1-12-10(15)6-8-14(2)11(16)9-5-3-4-7-13-9/h9,13H,3-8H2,1-2H3,(H,12,15). The molecule has 1 aliphatic rings. The minimum atomic E-state index is -0.0524. The summed E-state index contributed by atoms with van der Waals surface area (Å²) < 4.78 is 0. The number of hydrogen-bond acceptors (Lipinski definition) is 3. The van der Waals surface area contributed by atoms with Crippen molar-refractivity contribution in [3.05, 3.63) is 0 Å². The average Bonchev–Trinajstić information content (AvgIpc) is 2.35. The van der Waals surface area contributed by atoms with Gasteiger partial charge in [-0.05, 0) is 19.4 Å². The van der Waals surface area contributed by atoms with E-state index in [0.717, 1.165) is 25.8 Å². The smallest absolute Gasteiger partial charge is 0.239 e. The predicted octanol–water partition coefficient (Wildman–Crippen LogP) is -0.277. The fourth-order valence-corrected chi connectivity index (χ4v) is 1.83. The van der Waals surface area contributed by atoms with E-state index in [-0.39, 0.29) is 17.9 Å². The molecule has 0 aromatic carbocycles. The third-order valence-corrected chi connectivity index (χ3v) is 2.94. The van der Waals surface area contributed by atoms with Crippen molar-refractivity contribution in [2.24, 2.45) is 0 Å². The lowest BCUT2D eigenvalue weighted by Gasteiger charge is -2.27. The van der Waals surface area contributed by atoms with Crippen molar-refractivity contribution < 1.29 is 9.59 Å². The van der Waals surface area contributed by atoms with Crippen LogP contribution in [-0.2, 0) is 9.59 Å². The highest BCUT2D eigenvalue weighted by Gasteiger charge is 2.23. The van der Waals surface area contributed by atoms with Crippen LogP contribution in [0, 0.1) is 0 Å². The number of piperidine rings is 1. The Hall–Kier alpha value is -1.10. The van der Waals surface area contributed by atoms with Crippen LogP contribution in [0.15, 0.2) is 0 Å². The van der Waals surface area contributed by atoms with Gasteiger partial charge in [-0.25, -0.2) is 0 Å². The van der Waals surface area contributed by atoms with Gasteiger partial charge in [-0.2, -0.15) is 0 Å². The minimum absolute atomic E-state index is 0.0312. The molecule has 1 rings (SSSR count). The largest absolute Gasteiger partial charge is 0.359 e. The summed E-state index contributed by atoms with van der Waals surface area (Å²) in [6, 6.07) is -0.0524. The van der Waals surface area contributed by atoms with E-state index in [0.29, 0.717) is 13.0 Å². The van der Waals surface area contributed by atoms with Gasteiger partial charge in [-0.15, -0.1) is 0 Å². The highest BCUT2D eigenvalue weighted by molar-refractivity contribution is 5.82. The Morgan fingerprint density at radius 2 is 2.19 bits per heavy atom. The lowest BCUT2D eigenvalue weighted by Crippen LogP contribution is -2.47. The molecule has 0 spiro atoms. The summed E-state index contributed by atoms with van der Waals surface area (Å²) in [6.45, 7) is 1.40. The zero-order chi connectivity index (χ0) is 12.0. The molecule has 16 heavy (non-hydrogen) atoms. The quantitative estimate of drug-likeness (QED) is 0.694. The number of carbonyl (C=O) groups excluding carboxylic acids is 2. The predicted molar refractivity (Wildman–Crippen MR) is 62.0 cm³/mol. The molecule has 1 saturated heterocycles. The number of carbonyl (C=O) groups is 2. The van der Waals surface area contributed by atoms with Gasteiger partial charge in [0.1, 0.15) is 0 Å². The first-order valence-corrected chi connectivity index (χ1v) is 5.84. The summed E-state index contributed by atoms with van der Waals surface area (Å²) in [7, 11) is 3.36. The van der Waals surface area contributed by atoms with Crippen LogP contribution < -0.4 is 10.6 Å². The molecule has 1 atom stereocenters. The molecule has 1 unspecified atom stereocenters. The van der Waals surface area contributed by atoms with Crippen LogP contribution >= 0.6 is 0 Å². The van der Waals surface area contributed by atoms with E-state index in [1.807, 2.05) is 0 Å². The first-order chi connectivity index (χ1) is 7.65. The average molecular weight is 227 g/mol. The molecule has 0 saturated carbocycles. The summed E-state index contributed by atoms with van der Waals surface area (Å²) in [5.41, 5.74) is 0. The van der Waals surface area contributed by atoms with Crippen molar-refractivity contribution in [2.45, 2.75) is 31.7 Å². The molecule has 0 aliphatic carbocycles. The summed E-state index contributed by atoms with van der Waals surface area (Å²) in [4.78, 5) is 24.6. The van der Waals surface area contributed by atoms with Crippen molar-refractivity contribution in [3.63, 3.8) is 0 Å². The lowest BCUT2D eigenvalue weighted by molar-refractivity contribution is -0.133. The SMILES string of the molecule is CNC(=O)CCN(C)C(=O)C1CCCCN1. The van der Waals surface area contributed by atoms with E-state index in [4.69, 9.17) is 0 Å². The van der Waals surface area contributed by atoms with Crippen LogP contribution in [0.5, 0.6) is 0 Å². The molecule has 5 heteroatoms. The molecule has 0 aromatic rings. The fraction of sp³-hybridized carbons (Fsp3) is 0.818. The molecule has 0 aromatic heterocycles. The van der Waals surface area contributed by atoms with Crippen LogP contribution in [-0.4, -0.2) is 49.9 Å². The third kappa shape index (κ3) is 3.81. The van der Waals surface area contributed by atoms with Crippen LogP contribution in [0.3, 0.4) is 0 Å². The first kappa shape index (κ1) is 13.0. The maximum absolute atomic E-state index is 11.9. The zero-order valence-corrected chi connectivity index (χ0v) is 10.1. The van der Waals surface area contributed by atoms with Crippen LogP contribution in [0.2, 0.25) is 0 Å². The van der Waals surface area contributed by atoms with Crippen molar-refractivity contribution in [1.82, 2.24) is 15.5 Å². The van der Waals surface area contributed by atoms with Gasteiger partial charge in [0.05, 0.1) is 6.04 Å². The Labute approximate surface area is 96.6 Å². The van der Waals surface area contributed by atoms with Crippen molar-refractivity contribution in [2.75, 3.05) is 27.2 Å². The summed E-state index contributed by atoms with van der Waals surface area (Å²) in [5.74, 6) is 0.0693. The Bertz CT molecular complexity index is 250. The summed E-state index contributed by atoms with van der Waals surface area (Å²) in [6.07, 6.45) is 3.52. The summed E-state index contributed by atoms with van der Waals surface area (Å²) in [5, 5.41) is 5.76. The van der Waals surface area contributed by atoms with Gasteiger partial charge in [-0.3, -0.25) is 9.59 Å². The van der Waals surface area contributed by atoms with Crippen LogP contribution in [0.1, 0.15) is 25.7 Å². The van der Waals surface area contributed by atoms with E-state index in [9.17, 15) is 9.59 Å². The first-order valence-electron chi connectivity index (χ1n) is 5.84. The van der Waals surface area contributed by atoms with Crippen molar-refractivity contribution in [1.29, 1.82) is 0 Å². The maximum Gasteiger partial charge on any atom is 0.239 e. The molecule has 1 fully saturated rings. The molecular weight excluding hydrogens is 206 g/mol. The Kier molecular flexibility index (Phi) is 5.25. The molecule has 2 N–H and O–H groups in total. The van der Waals surface area contributed by atoms with Gasteiger partial charge in [0, 0.05) is 27.1 Å². The Morgan fingerprint density at radius 3 is 2.75 bits per heavy atom. The minimum Gasteiger partial charge on any atom is -0.359 e. The van der Waals surface area contributed by atoms with Gasteiger partial charge in [0.15, 0.2) is 0 Å². The highest BCUT2D eigenvalue weighted by Crippen LogP contribution is 2.09. The van der Waals surface area contributed by atoms with Gasteiger partial charge < -0.3 is 15.5 Å².